The van der Waals surface area contributed by atoms with Gasteiger partial charge in [-0.05, 0) is 24.2 Å². The summed E-state index contributed by atoms with van der Waals surface area (Å²) in [6, 6.07) is 0. The van der Waals surface area contributed by atoms with Crippen LogP contribution in [0.3, 0.4) is 0 Å². The molecule has 0 heterocycles. The normalized spacial score (nSPS) is 31.2. The smallest absolute Gasteiger partial charge is 0.303 e. The maximum Gasteiger partial charge on any atom is 0.303 e. The highest BCUT2D eigenvalue weighted by molar-refractivity contribution is 9.09. The first-order valence-electron chi connectivity index (χ1n) is 6.81. The fourth-order valence-corrected chi connectivity index (χ4v) is 3.78. The molecule has 0 bridgehead atoms. The molecule has 0 aromatic carbocycles. The number of hydrogen-bond donors (Lipinski definition) is 1. The number of rotatable bonds is 3. The van der Waals surface area contributed by atoms with Crippen molar-refractivity contribution in [2.45, 2.75) is 69.0 Å². The van der Waals surface area contributed by atoms with Crippen LogP contribution in [0.4, 0.5) is 0 Å². The lowest BCUT2D eigenvalue weighted by molar-refractivity contribution is -0.149. The van der Waals surface area contributed by atoms with Crippen molar-refractivity contribution in [2.24, 2.45) is 0 Å². The van der Waals surface area contributed by atoms with E-state index >= 15 is 0 Å². The summed E-state index contributed by atoms with van der Waals surface area (Å²) in [5.74, 6) is -0.401. The molecule has 4 nitrogen and oxygen atoms in total. The predicted molar refractivity (Wildman–Crippen MR) is 85.5 cm³/mol. The van der Waals surface area contributed by atoms with Crippen molar-refractivity contribution in [3.05, 3.63) is 12.2 Å². The lowest BCUT2D eigenvalue weighted by Gasteiger charge is -2.42. The second kappa shape index (κ2) is 6.30. The maximum absolute atomic E-state index is 11.0. The summed E-state index contributed by atoms with van der Waals surface area (Å²) in [5.41, 5.74) is 0. The fourth-order valence-electron chi connectivity index (χ4n) is 1.74. The van der Waals surface area contributed by atoms with E-state index in [-0.39, 0.29) is 16.0 Å². The van der Waals surface area contributed by atoms with E-state index in [2.05, 4.69) is 49.8 Å². The number of halogens is 1. The Morgan fingerprint density at radius 1 is 1.25 bits per heavy atom. The lowest BCUT2D eigenvalue weighted by atomic mass is 9.99. The quantitative estimate of drug-likeness (QED) is 0.362. The van der Waals surface area contributed by atoms with Crippen LogP contribution in [0.5, 0.6) is 0 Å². The molecule has 0 aromatic rings. The highest BCUT2D eigenvalue weighted by atomic mass is 79.9. The number of carbonyl (C=O) groups excluding carboxylic acids is 1. The van der Waals surface area contributed by atoms with Crippen molar-refractivity contribution < 1.29 is 19.1 Å². The van der Waals surface area contributed by atoms with Gasteiger partial charge >= 0.3 is 5.97 Å². The first-order chi connectivity index (χ1) is 8.95. The van der Waals surface area contributed by atoms with Gasteiger partial charge in [0.2, 0.25) is 0 Å². The van der Waals surface area contributed by atoms with Crippen molar-refractivity contribution in [1.82, 2.24) is 0 Å². The standard InChI is InChI=1S/C14H25BrO4Si/c1-9(16)18-11-8-7-10(12(15)13(11)17)19-20(5,6)14(2,3)4/h7-8,10-13,17H,1-6H3/t10-,11+,12+,13-/m0/s1. The molecule has 0 aliphatic heterocycles. The Bertz CT molecular complexity index is 389. The second-order valence-electron chi connectivity index (χ2n) is 6.74. The predicted octanol–water partition coefficient (Wildman–Crippen LogP) is 3.00. The fraction of sp³-hybridized carbons (Fsp3) is 0.786. The molecule has 0 aromatic heterocycles. The van der Waals surface area contributed by atoms with Crippen LogP contribution in [0.25, 0.3) is 0 Å². The lowest BCUT2D eigenvalue weighted by Crippen LogP contribution is -2.51. The largest absolute Gasteiger partial charge is 0.455 e. The molecule has 20 heavy (non-hydrogen) atoms. The average molecular weight is 365 g/mol. The zero-order chi connectivity index (χ0) is 15.7. The van der Waals surface area contributed by atoms with Gasteiger partial charge in [-0.3, -0.25) is 4.79 Å². The molecule has 0 saturated carbocycles. The van der Waals surface area contributed by atoms with Crippen LogP contribution in [0.15, 0.2) is 12.2 Å². The molecule has 0 saturated heterocycles. The van der Waals surface area contributed by atoms with Crippen LogP contribution < -0.4 is 0 Å². The van der Waals surface area contributed by atoms with E-state index in [0.717, 1.165) is 0 Å². The third-order valence-corrected chi connectivity index (χ3v) is 9.54. The van der Waals surface area contributed by atoms with Gasteiger partial charge < -0.3 is 14.3 Å². The zero-order valence-corrected chi connectivity index (χ0v) is 15.6. The molecule has 116 valence electrons. The Hall–Kier alpha value is -0.173. The van der Waals surface area contributed by atoms with E-state index in [1.165, 1.54) is 6.92 Å². The summed E-state index contributed by atoms with van der Waals surface area (Å²) in [5, 5.41) is 10.3. The Balaban J connectivity index is 2.82. The number of carbonyl (C=O) groups is 1. The Morgan fingerprint density at radius 2 is 1.75 bits per heavy atom. The summed E-state index contributed by atoms with van der Waals surface area (Å²) < 4.78 is 11.4. The molecular formula is C14H25BrO4Si. The maximum atomic E-state index is 11.0. The van der Waals surface area contributed by atoms with Gasteiger partial charge in [0.1, 0.15) is 12.2 Å². The third-order valence-electron chi connectivity index (χ3n) is 4.01. The van der Waals surface area contributed by atoms with Crippen LogP contribution >= 0.6 is 15.9 Å². The molecule has 4 atom stereocenters. The number of hydrogen-bond acceptors (Lipinski definition) is 4. The van der Waals surface area contributed by atoms with Crippen molar-refractivity contribution >= 4 is 30.2 Å². The summed E-state index contributed by atoms with van der Waals surface area (Å²) in [6.45, 7) is 12.2. The summed E-state index contributed by atoms with van der Waals surface area (Å²) in [4.78, 5) is 10.7. The van der Waals surface area contributed by atoms with Crippen molar-refractivity contribution in [1.29, 1.82) is 0 Å². The molecule has 1 aliphatic carbocycles. The number of esters is 1. The summed E-state index contributed by atoms with van der Waals surface area (Å²) in [6.07, 6.45) is 1.95. The zero-order valence-electron chi connectivity index (χ0n) is 13.0. The van der Waals surface area contributed by atoms with Crippen LogP contribution in [0, 0.1) is 0 Å². The van der Waals surface area contributed by atoms with Gasteiger partial charge in [0.15, 0.2) is 8.32 Å². The van der Waals surface area contributed by atoms with Crippen molar-refractivity contribution in [3.8, 4) is 0 Å². The van der Waals surface area contributed by atoms with Crippen LogP contribution in [0.1, 0.15) is 27.7 Å². The number of aliphatic hydroxyl groups excluding tert-OH is 1. The van der Waals surface area contributed by atoms with E-state index in [0.29, 0.717) is 0 Å². The molecular weight excluding hydrogens is 340 g/mol. The van der Waals surface area contributed by atoms with Crippen LogP contribution in [-0.4, -0.2) is 42.5 Å². The van der Waals surface area contributed by atoms with Gasteiger partial charge in [-0.25, -0.2) is 0 Å². The van der Waals surface area contributed by atoms with Gasteiger partial charge in [0.05, 0.1) is 10.9 Å². The van der Waals surface area contributed by atoms with E-state index in [9.17, 15) is 9.90 Å². The monoisotopic (exact) mass is 364 g/mol. The molecule has 0 radical (unpaired) electrons. The highest BCUT2D eigenvalue weighted by Crippen LogP contribution is 2.39. The second-order valence-corrected chi connectivity index (χ2v) is 12.6. The van der Waals surface area contributed by atoms with E-state index in [4.69, 9.17) is 9.16 Å². The third kappa shape index (κ3) is 4.16. The minimum Gasteiger partial charge on any atom is -0.455 e. The Kier molecular flexibility index (Phi) is 5.63. The van der Waals surface area contributed by atoms with Crippen LogP contribution in [0.2, 0.25) is 18.1 Å². The van der Waals surface area contributed by atoms with Gasteiger partial charge in [-0.15, -0.1) is 0 Å². The van der Waals surface area contributed by atoms with Gasteiger partial charge in [-0.2, -0.15) is 0 Å². The first-order valence-corrected chi connectivity index (χ1v) is 10.6. The molecule has 6 heteroatoms. The molecule has 0 spiro atoms. The SMILES string of the molecule is CC(=O)O[C@@H]1C=C[C@H](O[Si](C)(C)C(C)(C)C)[C@@H](Br)[C@H]1O. The van der Waals surface area contributed by atoms with Gasteiger partial charge in [0.25, 0.3) is 0 Å². The molecule has 0 amide bonds. The number of aliphatic hydroxyl groups is 1. The molecule has 0 unspecified atom stereocenters. The van der Waals surface area contributed by atoms with E-state index in [1.807, 2.05) is 6.08 Å². The number of ether oxygens (including phenoxy) is 1. The Morgan fingerprint density at radius 3 is 2.20 bits per heavy atom. The average Bonchev–Trinajstić information content (AvgIpc) is 2.26. The minimum absolute atomic E-state index is 0.102. The van der Waals surface area contributed by atoms with Crippen LogP contribution in [-0.2, 0) is 14.0 Å². The van der Waals surface area contributed by atoms with Crippen molar-refractivity contribution in [3.63, 3.8) is 0 Å². The molecule has 1 rings (SSSR count). The molecule has 1 N–H and O–H groups in total. The van der Waals surface area contributed by atoms with Gasteiger partial charge in [0, 0.05) is 6.92 Å². The summed E-state index contributed by atoms with van der Waals surface area (Å²) in [7, 11) is -1.92. The van der Waals surface area contributed by atoms with Gasteiger partial charge in [-0.1, -0.05) is 42.8 Å². The summed E-state index contributed by atoms with van der Waals surface area (Å²) >= 11 is 3.47. The highest BCUT2D eigenvalue weighted by Gasteiger charge is 2.43. The minimum atomic E-state index is -1.92. The molecule has 1 aliphatic rings. The number of alkyl halides is 1. The molecule has 0 fully saturated rings. The Labute approximate surface area is 130 Å². The van der Waals surface area contributed by atoms with E-state index < -0.39 is 26.5 Å². The topological polar surface area (TPSA) is 55.8 Å². The first kappa shape index (κ1) is 17.9. The van der Waals surface area contributed by atoms with E-state index in [1.54, 1.807) is 6.08 Å². The van der Waals surface area contributed by atoms with Crippen molar-refractivity contribution in [2.75, 3.05) is 0 Å².